The maximum Gasteiger partial charge on any atom is 0.331 e. The predicted molar refractivity (Wildman–Crippen MR) is 126 cm³/mol. The lowest BCUT2D eigenvalue weighted by Gasteiger charge is -2.45. The Balaban J connectivity index is 1.67. The molecule has 0 atom stereocenters. The Morgan fingerprint density at radius 3 is 2.32 bits per heavy atom. The van der Waals surface area contributed by atoms with Crippen molar-refractivity contribution in [3.05, 3.63) is 57.0 Å². The molecule has 164 valence electrons. The van der Waals surface area contributed by atoms with Crippen molar-refractivity contribution in [2.24, 2.45) is 0 Å². The summed E-state index contributed by atoms with van der Waals surface area (Å²) in [7, 11) is 4.72. The molecular formula is C24H25BrClNO4. The summed E-state index contributed by atoms with van der Waals surface area (Å²) >= 11 is 9.98. The monoisotopic (exact) mass is 505 g/mol. The fourth-order valence-electron chi connectivity index (χ4n) is 4.86. The number of halogens is 2. The molecular weight excluding hydrogens is 482 g/mol. The second-order valence-electron chi connectivity index (χ2n) is 8.08. The van der Waals surface area contributed by atoms with Crippen molar-refractivity contribution >= 4 is 45.3 Å². The van der Waals surface area contributed by atoms with Crippen LogP contribution >= 0.6 is 27.5 Å². The van der Waals surface area contributed by atoms with Crippen LogP contribution in [0.1, 0.15) is 36.8 Å². The first-order valence-electron chi connectivity index (χ1n) is 10.1. The molecule has 2 aliphatic carbocycles. The van der Waals surface area contributed by atoms with Gasteiger partial charge in [0.15, 0.2) is 11.5 Å². The highest BCUT2D eigenvalue weighted by Gasteiger charge is 2.52. The molecule has 5 nitrogen and oxygen atoms in total. The fraction of sp³-hybridized carbons (Fsp3) is 0.375. The first-order valence-corrected chi connectivity index (χ1v) is 11.3. The molecule has 7 heteroatoms. The Morgan fingerprint density at radius 2 is 1.71 bits per heavy atom. The highest BCUT2D eigenvalue weighted by molar-refractivity contribution is 9.11. The van der Waals surface area contributed by atoms with E-state index in [2.05, 4.69) is 33.4 Å². The zero-order valence-electron chi connectivity index (χ0n) is 17.8. The molecule has 0 radical (unpaired) electrons. The van der Waals surface area contributed by atoms with E-state index in [4.69, 9.17) is 25.8 Å². The number of ether oxygens (including phenoxy) is 3. The Bertz CT molecular complexity index is 1040. The summed E-state index contributed by atoms with van der Waals surface area (Å²) in [6.45, 7) is 0. The van der Waals surface area contributed by atoms with Crippen LogP contribution in [0.15, 0.2) is 40.9 Å². The Morgan fingerprint density at radius 1 is 1.03 bits per heavy atom. The molecule has 31 heavy (non-hydrogen) atoms. The van der Waals surface area contributed by atoms with E-state index in [0.29, 0.717) is 29.4 Å². The van der Waals surface area contributed by atoms with E-state index < -0.39 is 5.54 Å². The van der Waals surface area contributed by atoms with Crippen molar-refractivity contribution in [1.82, 2.24) is 0 Å². The highest BCUT2D eigenvalue weighted by atomic mass is 79.9. The van der Waals surface area contributed by atoms with Crippen LogP contribution in [0.2, 0.25) is 5.02 Å². The van der Waals surface area contributed by atoms with Gasteiger partial charge in [0.25, 0.3) is 0 Å². The minimum Gasteiger partial charge on any atom is -0.493 e. The van der Waals surface area contributed by atoms with Gasteiger partial charge in [-0.05, 0) is 73.2 Å². The summed E-state index contributed by atoms with van der Waals surface area (Å²) in [6, 6.07) is 11.5. The second kappa shape index (κ2) is 8.40. The third-order valence-corrected chi connectivity index (χ3v) is 7.78. The number of esters is 1. The Labute approximate surface area is 195 Å². The molecule has 0 amide bonds. The minimum atomic E-state index is -0.808. The number of hydrogen-bond donors (Lipinski definition) is 1. The van der Waals surface area contributed by atoms with Crippen molar-refractivity contribution in [1.29, 1.82) is 0 Å². The summed E-state index contributed by atoms with van der Waals surface area (Å²) in [4.78, 5) is 12.9. The molecule has 1 spiro atoms. The smallest absolute Gasteiger partial charge is 0.331 e. The van der Waals surface area contributed by atoms with E-state index in [1.807, 2.05) is 30.3 Å². The van der Waals surface area contributed by atoms with Crippen LogP contribution in [0.3, 0.4) is 0 Å². The van der Waals surface area contributed by atoms with Gasteiger partial charge < -0.3 is 19.5 Å². The topological polar surface area (TPSA) is 56.8 Å². The molecule has 0 bridgehead atoms. The van der Waals surface area contributed by atoms with Crippen molar-refractivity contribution in [2.75, 3.05) is 26.6 Å². The number of carbonyl (C=O) groups is 1. The van der Waals surface area contributed by atoms with Crippen LogP contribution in [0, 0.1) is 0 Å². The van der Waals surface area contributed by atoms with Gasteiger partial charge in [-0.3, -0.25) is 0 Å². The molecule has 0 aliphatic heterocycles. The van der Waals surface area contributed by atoms with E-state index in [1.165, 1.54) is 12.7 Å². The Kier molecular flexibility index (Phi) is 5.97. The molecule has 1 saturated carbocycles. The quantitative estimate of drug-likeness (QED) is 0.509. The number of benzene rings is 2. The number of nitrogens with one attached hydrogen (secondary N) is 1. The lowest BCUT2D eigenvalue weighted by atomic mass is 9.65. The van der Waals surface area contributed by atoms with Crippen molar-refractivity contribution in [3.8, 4) is 11.5 Å². The first kappa shape index (κ1) is 22.0. The summed E-state index contributed by atoms with van der Waals surface area (Å²) in [5, 5.41) is 4.05. The van der Waals surface area contributed by atoms with Crippen molar-refractivity contribution in [3.63, 3.8) is 0 Å². The van der Waals surface area contributed by atoms with Crippen LogP contribution in [-0.2, 0) is 14.9 Å². The van der Waals surface area contributed by atoms with Gasteiger partial charge in [-0.1, -0.05) is 33.6 Å². The van der Waals surface area contributed by atoms with Gasteiger partial charge in [-0.2, -0.15) is 0 Å². The van der Waals surface area contributed by atoms with Crippen LogP contribution in [-0.4, -0.2) is 32.8 Å². The van der Waals surface area contributed by atoms with Gasteiger partial charge in [-0.15, -0.1) is 0 Å². The van der Waals surface area contributed by atoms with Crippen LogP contribution in [0.4, 0.5) is 5.69 Å². The summed E-state index contributed by atoms with van der Waals surface area (Å²) in [5.41, 5.74) is 2.09. The summed E-state index contributed by atoms with van der Waals surface area (Å²) in [6.07, 6.45) is 4.92. The summed E-state index contributed by atoms with van der Waals surface area (Å²) in [5.74, 6) is 1.16. The predicted octanol–water partition coefficient (Wildman–Crippen LogP) is 5.94. The minimum absolute atomic E-state index is 0.206. The zero-order chi connectivity index (χ0) is 22.2. The van der Waals surface area contributed by atoms with Gasteiger partial charge in [-0.25, -0.2) is 4.79 Å². The summed E-state index contributed by atoms with van der Waals surface area (Å²) < 4.78 is 17.4. The molecule has 0 unspecified atom stereocenters. The van der Waals surface area contributed by atoms with Gasteiger partial charge in [0, 0.05) is 20.6 Å². The van der Waals surface area contributed by atoms with Gasteiger partial charge in [0.2, 0.25) is 0 Å². The molecule has 0 heterocycles. The molecule has 2 aliphatic rings. The maximum absolute atomic E-state index is 12.9. The largest absolute Gasteiger partial charge is 0.493 e. The Hall–Kier alpha value is -2.18. The average Bonchev–Trinajstić information content (AvgIpc) is 3.04. The van der Waals surface area contributed by atoms with Crippen LogP contribution in [0.5, 0.6) is 11.5 Å². The van der Waals surface area contributed by atoms with E-state index in [1.54, 1.807) is 14.2 Å². The number of anilines is 1. The average molecular weight is 507 g/mol. The van der Waals surface area contributed by atoms with E-state index >= 15 is 0 Å². The van der Waals surface area contributed by atoms with Crippen LogP contribution in [0.25, 0.3) is 6.08 Å². The first-order chi connectivity index (χ1) is 14.9. The SMILES string of the molecule is COC(=O)C1(Nc2cccc(Cl)c2)CCC2(CC1)C(Br)=Cc1cc(OC)c(OC)cc12. The van der Waals surface area contributed by atoms with E-state index in [0.717, 1.165) is 28.6 Å². The van der Waals surface area contributed by atoms with Crippen LogP contribution < -0.4 is 14.8 Å². The highest BCUT2D eigenvalue weighted by Crippen LogP contribution is 2.57. The lowest BCUT2D eigenvalue weighted by molar-refractivity contribution is -0.147. The number of carbonyl (C=O) groups excluding carboxylic acids is 1. The van der Waals surface area contributed by atoms with Gasteiger partial charge >= 0.3 is 5.97 Å². The van der Waals surface area contributed by atoms with Gasteiger partial charge in [0.05, 0.1) is 21.3 Å². The molecule has 4 rings (SSSR count). The number of hydrogen-bond acceptors (Lipinski definition) is 5. The molecule has 1 N–H and O–H groups in total. The fourth-order valence-corrected chi connectivity index (χ4v) is 5.91. The molecule has 2 aromatic carbocycles. The van der Waals surface area contributed by atoms with Crippen molar-refractivity contribution in [2.45, 2.75) is 36.6 Å². The number of allylic oxidation sites excluding steroid dienone is 1. The maximum atomic E-state index is 12.9. The third-order valence-electron chi connectivity index (χ3n) is 6.55. The number of methoxy groups -OCH3 is 3. The number of rotatable bonds is 5. The van der Waals surface area contributed by atoms with Crippen molar-refractivity contribution < 1.29 is 19.0 Å². The standard InChI is InChI=1S/C24H25BrClNO4/c1-29-19-11-15-12-21(25)23(18(15)14-20(19)30-2)7-9-24(10-8-23,22(28)31-3)27-17-6-4-5-16(26)13-17/h4-6,11-14,27H,7-10H2,1-3H3. The third kappa shape index (κ3) is 3.70. The lowest BCUT2D eigenvalue weighted by Crippen LogP contribution is -2.52. The van der Waals surface area contributed by atoms with E-state index in [9.17, 15) is 4.79 Å². The second-order valence-corrected chi connectivity index (χ2v) is 9.37. The molecule has 0 aromatic heterocycles. The van der Waals surface area contributed by atoms with E-state index in [-0.39, 0.29) is 11.4 Å². The zero-order valence-corrected chi connectivity index (χ0v) is 20.1. The molecule has 0 saturated heterocycles. The van der Waals surface area contributed by atoms with Gasteiger partial charge in [0.1, 0.15) is 5.54 Å². The molecule has 1 fully saturated rings. The number of fused-ring (bicyclic) bond motifs is 2. The molecule has 2 aromatic rings. The normalized spacial score (nSPS) is 24.4.